The number of rotatable bonds is 8. The predicted molar refractivity (Wildman–Crippen MR) is 93.3 cm³/mol. The molecule has 17 nitrogen and oxygen atoms in total. The molecule has 172 valence electrons. The molecule has 0 saturated carbocycles. The fourth-order valence-electron chi connectivity index (χ4n) is 2.41. The van der Waals surface area contributed by atoms with Gasteiger partial charge in [0.1, 0.15) is 23.6 Å². The molecule has 20 heteroatoms. The lowest BCUT2D eigenvalue weighted by Gasteiger charge is -2.28. The summed E-state index contributed by atoms with van der Waals surface area (Å²) in [6.07, 6.45) is -3.96. The van der Waals surface area contributed by atoms with Crippen LogP contribution in [-0.2, 0) is 31.6 Å². The molecule has 2 rings (SSSR count). The number of aromatic nitrogens is 2. The van der Waals surface area contributed by atoms with Crippen molar-refractivity contribution in [1.29, 1.82) is 0 Å². The molecule has 1 fully saturated rings. The van der Waals surface area contributed by atoms with Crippen LogP contribution in [0.3, 0.4) is 0 Å². The predicted octanol–water partition coefficient (Wildman–Crippen LogP) is -1.82. The third kappa shape index (κ3) is 6.24. The summed E-state index contributed by atoms with van der Waals surface area (Å²) in [6.45, 7) is 0.0455. The first-order chi connectivity index (χ1) is 13.4. The standard InChI is InChI=1S/C10H18N3O14P3/c1-10(4-24-29(20,21)27-30(22,23)26-28(17,18)19)7(15)6(14)8(25-10)13-3-2-5(11)12-9(13)16/h2-3,6-8,14-15H,4H2,1H3,(H,20,21)(H,22,23)(H2,11,12,16)(H2,17,18,19)/t6-,7?,8+,10+/m0/s1. The molecule has 0 spiro atoms. The van der Waals surface area contributed by atoms with Crippen LogP contribution in [-0.4, -0.2) is 63.8 Å². The van der Waals surface area contributed by atoms with Gasteiger partial charge in [-0.05, 0) is 13.0 Å². The van der Waals surface area contributed by atoms with Crippen molar-refractivity contribution in [2.75, 3.05) is 12.3 Å². The van der Waals surface area contributed by atoms with E-state index in [0.29, 0.717) is 0 Å². The lowest BCUT2D eigenvalue weighted by Crippen LogP contribution is -2.44. The minimum Gasteiger partial charge on any atom is -0.387 e. The maximum atomic E-state index is 11.9. The van der Waals surface area contributed by atoms with Gasteiger partial charge in [-0.1, -0.05) is 0 Å². The Balaban J connectivity index is 2.14. The molecule has 1 aliphatic rings. The molecule has 2 heterocycles. The van der Waals surface area contributed by atoms with E-state index < -0.39 is 59.8 Å². The van der Waals surface area contributed by atoms with Gasteiger partial charge in [0.2, 0.25) is 0 Å². The molecule has 1 saturated heterocycles. The third-order valence-electron chi connectivity index (χ3n) is 3.69. The van der Waals surface area contributed by atoms with Crippen molar-refractivity contribution in [3.8, 4) is 0 Å². The highest BCUT2D eigenvalue weighted by Gasteiger charge is 2.54. The van der Waals surface area contributed by atoms with Crippen molar-refractivity contribution < 1.29 is 61.4 Å². The van der Waals surface area contributed by atoms with Gasteiger partial charge in [-0.15, -0.1) is 0 Å². The normalized spacial score (nSPS) is 31.2. The fraction of sp³-hybridized carbons (Fsp3) is 0.600. The summed E-state index contributed by atoms with van der Waals surface area (Å²) in [6, 6.07) is 1.20. The highest BCUT2D eigenvalue weighted by Crippen LogP contribution is 2.66. The van der Waals surface area contributed by atoms with Gasteiger partial charge in [-0.2, -0.15) is 13.6 Å². The highest BCUT2D eigenvalue weighted by molar-refractivity contribution is 7.66. The number of hydrogen-bond donors (Lipinski definition) is 7. The number of aliphatic hydroxyl groups is 2. The summed E-state index contributed by atoms with van der Waals surface area (Å²) < 4.78 is 51.4. The van der Waals surface area contributed by atoms with Crippen molar-refractivity contribution >= 4 is 29.3 Å². The smallest absolute Gasteiger partial charge is 0.387 e. The number of ether oxygens (including phenoxy) is 1. The van der Waals surface area contributed by atoms with Crippen molar-refractivity contribution in [2.45, 2.75) is 31.0 Å². The molecule has 6 atom stereocenters. The van der Waals surface area contributed by atoms with Crippen molar-refractivity contribution in [1.82, 2.24) is 9.55 Å². The van der Waals surface area contributed by atoms with Crippen molar-refractivity contribution in [2.24, 2.45) is 0 Å². The Morgan fingerprint density at radius 2 is 1.80 bits per heavy atom. The summed E-state index contributed by atoms with van der Waals surface area (Å²) in [5.41, 5.74) is 2.45. The van der Waals surface area contributed by atoms with Crippen LogP contribution < -0.4 is 11.4 Å². The monoisotopic (exact) mass is 497 g/mol. The molecule has 1 aromatic rings. The van der Waals surface area contributed by atoms with Crippen molar-refractivity contribution in [3.63, 3.8) is 0 Å². The van der Waals surface area contributed by atoms with Gasteiger partial charge >= 0.3 is 29.2 Å². The molecule has 1 aromatic heterocycles. The van der Waals surface area contributed by atoms with Gasteiger partial charge in [0, 0.05) is 6.20 Å². The van der Waals surface area contributed by atoms with Gasteiger partial charge in [0.25, 0.3) is 0 Å². The quantitative estimate of drug-likeness (QED) is 0.195. The Morgan fingerprint density at radius 1 is 1.20 bits per heavy atom. The number of nitrogen functional groups attached to an aromatic ring is 1. The van der Waals surface area contributed by atoms with Gasteiger partial charge in [0.05, 0.1) is 6.61 Å². The Labute approximate surface area is 167 Å². The van der Waals surface area contributed by atoms with E-state index in [9.17, 15) is 33.6 Å². The number of nitrogens with two attached hydrogens (primary N) is 1. The Kier molecular flexibility index (Phi) is 7.14. The fourth-order valence-corrected chi connectivity index (χ4v) is 5.52. The summed E-state index contributed by atoms with van der Waals surface area (Å²) >= 11 is 0. The van der Waals surface area contributed by atoms with Crippen LogP contribution >= 0.6 is 23.5 Å². The van der Waals surface area contributed by atoms with Crippen LogP contribution in [0.25, 0.3) is 0 Å². The van der Waals surface area contributed by atoms with Crippen LogP contribution in [0, 0.1) is 0 Å². The van der Waals surface area contributed by atoms with E-state index >= 15 is 0 Å². The molecular weight excluding hydrogens is 479 g/mol. The average Bonchev–Trinajstić information content (AvgIpc) is 2.75. The minimum absolute atomic E-state index is 0.125. The molecule has 0 aromatic carbocycles. The number of phosphoric ester groups is 1. The largest absolute Gasteiger partial charge is 0.490 e. The van der Waals surface area contributed by atoms with Gasteiger partial charge in [0.15, 0.2) is 6.23 Å². The maximum absolute atomic E-state index is 11.9. The first-order valence-electron chi connectivity index (χ1n) is 7.62. The second kappa shape index (κ2) is 8.48. The van der Waals surface area contributed by atoms with Crippen LogP contribution in [0.4, 0.5) is 5.82 Å². The third-order valence-corrected chi connectivity index (χ3v) is 7.47. The van der Waals surface area contributed by atoms with Gasteiger partial charge < -0.3 is 40.3 Å². The second-order valence-electron chi connectivity index (χ2n) is 6.16. The molecule has 0 amide bonds. The summed E-state index contributed by atoms with van der Waals surface area (Å²) in [5.74, 6) is -0.125. The molecule has 1 aliphatic heterocycles. The summed E-state index contributed by atoms with van der Waals surface area (Å²) in [5, 5.41) is 20.4. The van der Waals surface area contributed by atoms with E-state index in [1.165, 1.54) is 6.07 Å². The lowest BCUT2D eigenvalue weighted by molar-refractivity contribution is -0.115. The number of anilines is 1. The molecule has 0 aliphatic carbocycles. The number of nitrogens with zero attached hydrogens (tertiary/aromatic N) is 2. The number of phosphoric acid groups is 3. The van der Waals surface area contributed by atoms with E-state index in [1.807, 2.05) is 0 Å². The Bertz CT molecular complexity index is 994. The summed E-state index contributed by atoms with van der Waals surface area (Å²) in [7, 11) is -16.8. The van der Waals surface area contributed by atoms with E-state index in [2.05, 4.69) is 18.1 Å². The molecule has 3 unspecified atom stereocenters. The van der Waals surface area contributed by atoms with Crippen LogP contribution in [0.15, 0.2) is 17.1 Å². The Morgan fingerprint density at radius 3 is 2.33 bits per heavy atom. The first-order valence-corrected chi connectivity index (χ1v) is 12.1. The average molecular weight is 497 g/mol. The van der Waals surface area contributed by atoms with Crippen molar-refractivity contribution in [3.05, 3.63) is 22.7 Å². The zero-order valence-electron chi connectivity index (χ0n) is 14.9. The van der Waals surface area contributed by atoms with E-state index in [-0.39, 0.29) is 5.82 Å². The van der Waals surface area contributed by atoms with E-state index in [4.69, 9.17) is 25.2 Å². The number of aliphatic hydroxyl groups excluding tert-OH is 2. The van der Waals surface area contributed by atoms with E-state index in [0.717, 1.165) is 17.7 Å². The topological polar surface area (TPSA) is 270 Å². The zero-order valence-corrected chi connectivity index (χ0v) is 17.5. The molecule has 8 N–H and O–H groups in total. The second-order valence-corrected chi connectivity index (χ2v) is 10.6. The lowest BCUT2D eigenvalue weighted by atomic mass is 9.99. The summed E-state index contributed by atoms with van der Waals surface area (Å²) in [4.78, 5) is 50.9. The van der Waals surface area contributed by atoms with Crippen LogP contribution in [0.5, 0.6) is 0 Å². The van der Waals surface area contributed by atoms with Gasteiger partial charge in [-0.25, -0.2) is 18.5 Å². The highest BCUT2D eigenvalue weighted by atomic mass is 31.3. The first kappa shape index (κ1) is 25.2. The van der Waals surface area contributed by atoms with E-state index in [1.54, 1.807) is 0 Å². The maximum Gasteiger partial charge on any atom is 0.490 e. The SMILES string of the molecule is C[C@]1(COP(=O)(O)OP(=O)(O)OP(=O)(O)O)O[C@@H](n2ccc(N)nc2=O)[C@@H](O)C1O. The molecule has 30 heavy (non-hydrogen) atoms. The zero-order chi connectivity index (χ0) is 23.1. The molecule has 0 bridgehead atoms. The Hall–Kier alpha value is -1.03. The minimum atomic E-state index is -5.74. The molecule has 0 radical (unpaired) electrons. The van der Waals surface area contributed by atoms with Crippen LogP contribution in [0.1, 0.15) is 13.2 Å². The number of hydrogen-bond acceptors (Lipinski definition) is 12. The molecular formula is C10H18N3O14P3. The van der Waals surface area contributed by atoms with Crippen LogP contribution in [0.2, 0.25) is 0 Å². The van der Waals surface area contributed by atoms with Gasteiger partial charge in [-0.3, -0.25) is 9.09 Å².